The van der Waals surface area contributed by atoms with Gasteiger partial charge in [-0.15, -0.1) is 0 Å². The smallest absolute Gasteiger partial charge is 0.223 e. The molecule has 0 unspecified atom stereocenters. The molecule has 0 aliphatic rings. The van der Waals surface area contributed by atoms with E-state index >= 15 is 0 Å². The van der Waals surface area contributed by atoms with Crippen molar-refractivity contribution in [3.63, 3.8) is 0 Å². The average molecular weight is 303 g/mol. The Labute approximate surface area is 130 Å². The van der Waals surface area contributed by atoms with Crippen molar-refractivity contribution < 1.29 is 9.18 Å². The van der Waals surface area contributed by atoms with Crippen molar-refractivity contribution in [1.29, 1.82) is 0 Å². The van der Waals surface area contributed by atoms with Gasteiger partial charge in [0.05, 0.1) is 5.69 Å². The second-order valence-electron chi connectivity index (χ2n) is 5.36. The minimum Gasteiger partial charge on any atom is -0.352 e. The SMILES string of the molecule is CCC(CC)C(=O)NCc1ccc(-n2ccnc2C)c(F)c1. The summed E-state index contributed by atoms with van der Waals surface area (Å²) in [7, 11) is 0. The predicted octanol–water partition coefficient (Wildman–Crippen LogP) is 3.37. The molecule has 0 bridgehead atoms. The van der Waals surface area contributed by atoms with E-state index < -0.39 is 0 Å². The summed E-state index contributed by atoms with van der Waals surface area (Å²) in [6, 6.07) is 5.00. The lowest BCUT2D eigenvalue weighted by atomic mass is 10.0. The molecule has 1 N–H and O–H groups in total. The molecule has 22 heavy (non-hydrogen) atoms. The van der Waals surface area contributed by atoms with E-state index in [4.69, 9.17) is 0 Å². The summed E-state index contributed by atoms with van der Waals surface area (Å²) < 4.78 is 15.9. The summed E-state index contributed by atoms with van der Waals surface area (Å²) in [6.07, 6.45) is 4.99. The number of benzene rings is 1. The Hall–Kier alpha value is -2.17. The maximum absolute atomic E-state index is 14.2. The summed E-state index contributed by atoms with van der Waals surface area (Å²) in [5.74, 6) is 0.460. The molecule has 1 heterocycles. The van der Waals surface area contributed by atoms with Gasteiger partial charge in [0.1, 0.15) is 11.6 Å². The predicted molar refractivity (Wildman–Crippen MR) is 84.2 cm³/mol. The highest BCUT2D eigenvalue weighted by molar-refractivity contribution is 5.78. The Bertz CT molecular complexity index is 647. The molecular weight excluding hydrogens is 281 g/mol. The molecule has 0 aliphatic carbocycles. The van der Waals surface area contributed by atoms with E-state index in [2.05, 4.69) is 10.3 Å². The van der Waals surface area contributed by atoms with Gasteiger partial charge in [0.25, 0.3) is 0 Å². The molecule has 1 amide bonds. The quantitative estimate of drug-likeness (QED) is 0.889. The first-order valence-corrected chi connectivity index (χ1v) is 7.63. The molecule has 0 radical (unpaired) electrons. The maximum atomic E-state index is 14.2. The minimum absolute atomic E-state index is 0.0257. The third-order valence-corrected chi connectivity index (χ3v) is 3.92. The van der Waals surface area contributed by atoms with Crippen LogP contribution in [0.25, 0.3) is 5.69 Å². The Balaban J connectivity index is 2.07. The van der Waals surface area contributed by atoms with Crippen LogP contribution < -0.4 is 5.32 Å². The van der Waals surface area contributed by atoms with Gasteiger partial charge in [-0.3, -0.25) is 4.79 Å². The number of aromatic nitrogens is 2. The molecule has 0 atom stereocenters. The summed E-state index contributed by atoms with van der Waals surface area (Å²) in [5, 5.41) is 2.87. The van der Waals surface area contributed by atoms with Crippen LogP contribution in [-0.2, 0) is 11.3 Å². The van der Waals surface area contributed by atoms with Gasteiger partial charge in [0, 0.05) is 24.9 Å². The fraction of sp³-hybridized carbons (Fsp3) is 0.412. The first-order valence-electron chi connectivity index (χ1n) is 7.63. The first-order chi connectivity index (χ1) is 10.6. The van der Waals surface area contributed by atoms with Crippen LogP contribution in [0.2, 0.25) is 0 Å². The third kappa shape index (κ3) is 3.53. The molecule has 118 valence electrons. The summed E-state index contributed by atoms with van der Waals surface area (Å²) in [6.45, 7) is 6.16. The van der Waals surface area contributed by atoms with Crippen LogP contribution in [0.3, 0.4) is 0 Å². The largest absolute Gasteiger partial charge is 0.352 e. The van der Waals surface area contributed by atoms with Gasteiger partial charge in [0.15, 0.2) is 0 Å². The second-order valence-corrected chi connectivity index (χ2v) is 5.36. The van der Waals surface area contributed by atoms with Gasteiger partial charge in [-0.1, -0.05) is 19.9 Å². The lowest BCUT2D eigenvalue weighted by molar-refractivity contribution is -0.125. The molecule has 2 rings (SSSR count). The van der Waals surface area contributed by atoms with Gasteiger partial charge in [-0.05, 0) is 37.5 Å². The van der Waals surface area contributed by atoms with Gasteiger partial charge in [0.2, 0.25) is 5.91 Å². The lowest BCUT2D eigenvalue weighted by Gasteiger charge is -2.13. The first kappa shape index (κ1) is 16.2. The molecule has 0 spiro atoms. The van der Waals surface area contributed by atoms with Crippen molar-refractivity contribution >= 4 is 5.91 Å². The highest BCUT2D eigenvalue weighted by Crippen LogP contribution is 2.17. The lowest BCUT2D eigenvalue weighted by Crippen LogP contribution is -2.29. The fourth-order valence-electron chi connectivity index (χ4n) is 2.48. The van der Waals surface area contributed by atoms with Crippen LogP contribution in [0, 0.1) is 18.7 Å². The van der Waals surface area contributed by atoms with E-state index in [0.29, 0.717) is 12.2 Å². The highest BCUT2D eigenvalue weighted by Gasteiger charge is 2.14. The number of amides is 1. The highest BCUT2D eigenvalue weighted by atomic mass is 19.1. The van der Waals surface area contributed by atoms with Crippen LogP contribution in [0.1, 0.15) is 38.1 Å². The Morgan fingerprint density at radius 1 is 1.36 bits per heavy atom. The number of halogens is 1. The topological polar surface area (TPSA) is 46.9 Å². The normalized spacial score (nSPS) is 11.0. The molecule has 2 aromatic rings. The van der Waals surface area contributed by atoms with E-state index in [9.17, 15) is 9.18 Å². The van der Waals surface area contributed by atoms with Gasteiger partial charge in [-0.2, -0.15) is 0 Å². The number of imidazole rings is 1. The van der Waals surface area contributed by atoms with Gasteiger partial charge in [-0.25, -0.2) is 9.37 Å². The van der Waals surface area contributed by atoms with E-state index in [1.165, 1.54) is 6.07 Å². The molecule has 0 saturated heterocycles. The van der Waals surface area contributed by atoms with Crippen LogP contribution in [0.15, 0.2) is 30.6 Å². The van der Waals surface area contributed by atoms with Gasteiger partial charge >= 0.3 is 0 Å². The summed E-state index contributed by atoms with van der Waals surface area (Å²) >= 11 is 0. The van der Waals surface area contributed by atoms with Crippen molar-refractivity contribution in [2.45, 2.75) is 40.2 Å². The molecule has 5 heteroatoms. The van der Waals surface area contributed by atoms with Crippen LogP contribution in [0.4, 0.5) is 4.39 Å². The summed E-state index contributed by atoms with van der Waals surface area (Å²) in [5.41, 5.74) is 1.21. The van der Waals surface area contributed by atoms with Crippen molar-refractivity contribution in [1.82, 2.24) is 14.9 Å². The van der Waals surface area contributed by atoms with Crippen molar-refractivity contribution in [3.8, 4) is 5.69 Å². The monoisotopic (exact) mass is 303 g/mol. The van der Waals surface area contributed by atoms with Crippen LogP contribution in [0.5, 0.6) is 0 Å². The number of carbonyl (C=O) groups excluding carboxylic acids is 1. The standard InChI is InChI=1S/C17H22FN3O/c1-4-14(5-2)17(22)20-11-13-6-7-16(15(18)10-13)21-9-8-19-12(21)3/h6-10,14H,4-5,11H2,1-3H3,(H,20,22). The third-order valence-electron chi connectivity index (χ3n) is 3.92. The Kier molecular flexibility index (Phi) is 5.31. The zero-order chi connectivity index (χ0) is 16.1. The number of hydrogen-bond acceptors (Lipinski definition) is 2. The van der Waals surface area contributed by atoms with Crippen molar-refractivity contribution in [2.24, 2.45) is 5.92 Å². The maximum Gasteiger partial charge on any atom is 0.223 e. The summed E-state index contributed by atoms with van der Waals surface area (Å²) in [4.78, 5) is 16.0. The molecule has 0 fully saturated rings. The van der Waals surface area contributed by atoms with E-state index in [1.54, 1.807) is 23.0 Å². The molecule has 4 nitrogen and oxygen atoms in total. The number of nitrogens with one attached hydrogen (secondary N) is 1. The number of carbonyl (C=O) groups is 1. The number of aryl methyl sites for hydroxylation is 1. The van der Waals surface area contributed by atoms with Crippen molar-refractivity contribution in [2.75, 3.05) is 0 Å². The van der Waals surface area contributed by atoms with Crippen LogP contribution in [-0.4, -0.2) is 15.5 Å². The number of nitrogens with zero attached hydrogens (tertiary/aromatic N) is 2. The van der Waals surface area contributed by atoms with Crippen LogP contribution >= 0.6 is 0 Å². The van der Waals surface area contributed by atoms with Crippen molar-refractivity contribution in [3.05, 3.63) is 47.8 Å². The van der Waals surface area contributed by atoms with E-state index in [-0.39, 0.29) is 17.6 Å². The molecule has 0 aliphatic heterocycles. The molecule has 1 aromatic carbocycles. The number of hydrogen-bond donors (Lipinski definition) is 1. The van der Waals surface area contributed by atoms with E-state index in [1.807, 2.05) is 26.8 Å². The fourth-order valence-corrected chi connectivity index (χ4v) is 2.48. The Morgan fingerprint density at radius 2 is 2.09 bits per heavy atom. The number of rotatable bonds is 6. The zero-order valence-corrected chi connectivity index (χ0v) is 13.3. The molecular formula is C17H22FN3O. The zero-order valence-electron chi connectivity index (χ0n) is 13.3. The second kappa shape index (κ2) is 7.20. The van der Waals surface area contributed by atoms with E-state index in [0.717, 1.165) is 24.2 Å². The van der Waals surface area contributed by atoms with Gasteiger partial charge < -0.3 is 9.88 Å². The molecule has 0 saturated carbocycles. The molecule has 1 aromatic heterocycles. The minimum atomic E-state index is -0.324. The average Bonchev–Trinajstić information content (AvgIpc) is 2.92. The Morgan fingerprint density at radius 3 is 2.64 bits per heavy atom.